The predicted molar refractivity (Wildman–Crippen MR) is 93.0 cm³/mol. The Balaban J connectivity index is 1.62. The molecule has 1 aliphatic rings. The molecule has 4 rings (SSSR count). The summed E-state index contributed by atoms with van der Waals surface area (Å²) in [6, 6.07) is 12.6. The monoisotopic (exact) mass is 341 g/mol. The van der Waals surface area contributed by atoms with Gasteiger partial charge in [-0.05, 0) is 18.2 Å². The van der Waals surface area contributed by atoms with Gasteiger partial charge in [0.1, 0.15) is 17.1 Å². The number of para-hydroxylation sites is 1. The number of hydrogen-bond acceptors (Lipinski definition) is 5. The van der Waals surface area contributed by atoms with E-state index in [1.165, 1.54) is 12.1 Å². The first-order valence-electron chi connectivity index (χ1n) is 8.37. The lowest BCUT2D eigenvalue weighted by molar-refractivity contribution is 0.139. The normalized spacial score (nSPS) is 18.6. The van der Waals surface area contributed by atoms with Crippen molar-refractivity contribution in [3.8, 4) is 5.75 Å². The highest BCUT2D eigenvalue weighted by atomic mass is 19.1. The van der Waals surface area contributed by atoms with E-state index in [1.807, 2.05) is 18.2 Å². The van der Waals surface area contributed by atoms with Gasteiger partial charge in [0.2, 0.25) is 5.89 Å². The first-order valence-corrected chi connectivity index (χ1v) is 8.37. The Morgan fingerprint density at radius 3 is 3.08 bits per heavy atom. The van der Waals surface area contributed by atoms with Gasteiger partial charge in [-0.2, -0.15) is 0 Å². The number of rotatable bonds is 4. The van der Waals surface area contributed by atoms with E-state index in [0.29, 0.717) is 23.5 Å². The van der Waals surface area contributed by atoms with Gasteiger partial charge in [0.15, 0.2) is 5.58 Å². The Morgan fingerprint density at radius 2 is 2.20 bits per heavy atom. The second kappa shape index (κ2) is 6.82. The van der Waals surface area contributed by atoms with Crippen molar-refractivity contribution in [2.24, 2.45) is 0 Å². The lowest BCUT2D eigenvalue weighted by Crippen LogP contribution is -2.45. The molecule has 5 nitrogen and oxygen atoms in total. The van der Waals surface area contributed by atoms with Crippen molar-refractivity contribution in [2.45, 2.75) is 12.6 Å². The van der Waals surface area contributed by atoms with E-state index in [9.17, 15) is 4.39 Å². The topological polar surface area (TPSA) is 50.5 Å². The number of ether oxygens (including phenoxy) is 1. The summed E-state index contributed by atoms with van der Waals surface area (Å²) >= 11 is 0. The molecule has 0 radical (unpaired) electrons. The third-order valence-corrected chi connectivity index (χ3v) is 4.59. The molecule has 3 aromatic rings. The summed E-state index contributed by atoms with van der Waals surface area (Å²) in [5.74, 6) is 1.16. The SMILES string of the molecule is COc1ccccc1C1CNCCN1Cc1nc2ccc(F)cc2o1. The highest BCUT2D eigenvalue weighted by molar-refractivity contribution is 5.72. The average Bonchev–Trinajstić information content (AvgIpc) is 3.03. The summed E-state index contributed by atoms with van der Waals surface area (Å²) in [5.41, 5.74) is 2.30. The van der Waals surface area contributed by atoms with Gasteiger partial charge in [-0.15, -0.1) is 0 Å². The molecule has 2 aromatic carbocycles. The molecule has 1 fully saturated rings. The maximum Gasteiger partial charge on any atom is 0.209 e. The standard InChI is InChI=1S/C19H20FN3O2/c1-24-17-5-3-2-4-14(17)16-11-21-8-9-23(16)12-19-22-15-7-6-13(20)10-18(15)25-19/h2-7,10,16,21H,8-9,11-12H2,1H3. The van der Waals surface area contributed by atoms with Crippen LogP contribution >= 0.6 is 0 Å². The molecule has 1 aromatic heterocycles. The Bertz CT molecular complexity index is 880. The van der Waals surface area contributed by atoms with Crippen molar-refractivity contribution in [3.63, 3.8) is 0 Å². The summed E-state index contributed by atoms with van der Waals surface area (Å²) in [7, 11) is 1.69. The van der Waals surface area contributed by atoms with E-state index in [-0.39, 0.29) is 11.9 Å². The number of halogens is 1. The lowest BCUT2D eigenvalue weighted by atomic mass is 10.0. The molecule has 1 saturated heterocycles. The number of hydrogen-bond donors (Lipinski definition) is 1. The third-order valence-electron chi connectivity index (χ3n) is 4.59. The number of aromatic nitrogens is 1. The van der Waals surface area contributed by atoms with Gasteiger partial charge >= 0.3 is 0 Å². The van der Waals surface area contributed by atoms with Crippen molar-refractivity contribution in [1.82, 2.24) is 15.2 Å². The number of methoxy groups -OCH3 is 1. The number of fused-ring (bicyclic) bond motifs is 1. The van der Waals surface area contributed by atoms with Crippen molar-refractivity contribution < 1.29 is 13.5 Å². The average molecular weight is 341 g/mol. The first kappa shape index (κ1) is 16.1. The second-order valence-corrected chi connectivity index (χ2v) is 6.15. The van der Waals surface area contributed by atoms with Gasteiger partial charge in [0.25, 0.3) is 0 Å². The molecule has 0 bridgehead atoms. The number of nitrogens with zero attached hydrogens (tertiary/aromatic N) is 2. The second-order valence-electron chi connectivity index (χ2n) is 6.15. The van der Waals surface area contributed by atoms with Crippen molar-refractivity contribution in [3.05, 3.63) is 59.7 Å². The lowest BCUT2D eigenvalue weighted by Gasteiger charge is -2.36. The van der Waals surface area contributed by atoms with Gasteiger partial charge in [-0.1, -0.05) is 18.2 Å². The van der Waals surface area contributed by atoms with E-state index >= 15 is 0 Å². The van der Waals surface area contributed by atoms with Crippen LogP contribution in [0.3, 0.4) is 0 Å². The quantitative estimate of drug-likeness (QED) is 0.790. The number of oxazole rings is 1. The molecule has 0 spiro atoms. The van der Waals surface area contributed by atoms with Gasteiger partial charge in [-0.3, -0.25) is 4.90 Å². The molecule has 25 heavy (non-hydrogen) atoms. The van der Waals surface area contributed by atoms with E-state index in [0.717, 1.165) is 30.9 Å². The number of piperazine rings is 1. The van der Waals surface area contributed by atoms with Crippen LogP contribution in [0.5, 0.6) is 5.75 Å². The van der Waals surface area contributed by atoms with Gasteiger partial charge in [0, 0.05) is 31.3 Å². The van der Waals surface area contributed by atoms with E-state index in [1.54, 1.807) is 13.2 Å². The smallest absolute Gasteiger partial charge is 0.209 e. The van der Waals surface area contributed by atoms with Crippen LogP contribution in [-0.2, 0) is 6.54 Å². The summed E-state index contributed by atoms with van der Waals surface area (Å²) in [6.45, 7) is 3.17. The maximum atomic E-state index is 13.4. The largest absolute Gasteiger partial charge is 0.496 e. The van der Waals surface area contributed by atoms with Crippen molar-refractivity contribution in [2.75, 3.05) is 26.7 Å². The minimum atomic E-state index is -0.315. The molecular formula is C19H20FN3O2. The molecular weight excluding hydrogens is 321 g/mol. The fourth-order valence-corrected chi connectivity index (χ4v) is 3.37. The molecule has 6 heteroatoms. The molecule has 1 N–H and O–H groups in total. The highest BCUT2D eigenvalue weighted by Gasteiger charge is 2.27. The van der Waals surface area contributed by atoms with E-state index in [2.05, 4.69) is 21.3 Å². The molecule has 1 unspecified atom stereocenters. The van der Waals surface area contributed by atoms with E-state index in [4.69, 9.17) is 9.15 Å². The first-order chi connectivity index (χ1) is 12.2. The Kier molecular flexibility index (Phi) is 4.38. The predicted octanol–water partition coefficient (Wildman–Crippen LogP) is 3.12. The van der Waals surface area contributed by atoms with Crippen LogP contribution in [0.1, 0.15) is 17.5 Å². The molecule has 2 heterocycles. The number of benzene rings is 2. The minimum Gasteiger partial charge on any atom is -0.496 e. The molecule has 0 saturated carbocycles. The highest BCUT2D eigenvalue weighted by Crippen LogP contribution is 2.31. The third kappa shape index (κ3) is 3.23. The maximum absolute atomic E-state index is 13.4. The van der Waals surface area contributed by atoms with Crippen LogP contribution in [0.15, 0.2) is 46.9 Å². The fourth-order valence-electron chi connectivity index (χ4n) is 3.37. The van der Waals surface area contributed by atoms with Crippen molar-refractivity contribution >= 4 is 11.1 Å². The van der Waals surface area contributed by atoms with Gasteiger partial charge < -0.3 is 14.5 Å². The molecule has 1 atom stereocenters. The molecule has 0 aliphatic carbocycles. The Labute approximate surface area is 145 Å². The summed E-state index contributed by atoms with van der Waals surface area (Å²) in [6.07, 6.45) is 0. The van der Waals surface area contributed by atoms with Crippen LogP contribution < -0.4 is 10.1 Å². The van der Waals surface area contributed by atoms with Crippen LogP contribution in [0.4, 0.5) is 4.39 Å². The number of nitrogens with one attached hydrogen (secondary N) is 1. The fraction of sp³-hybridized carbons (Fsp3) is 0.316. The van der Waals surface area contributed by atoms with Crippen LogP contribution in [0.2, 0.25) is 0 Å². The van der Waals surface area contributed by atoms with E-state index < -0.39 is 0 Å². The van der Waals surface area contributed by atoms with Crippen molar-refractivity contribution in [1.29, 1.82) is 0 Å². The van der Waals surface area contributed by atoms with Gasteiger partial charge in [0.05, 0.1) is 19.7 Å². The van der Waals surface area contributed by atoms with Crippen LogP contribution in [-0.4, -0.2) is 36.6 Å². The van der Waals surface area contributed by atoms with Crippen LogP contribution in [0.25, 0.3) is 11.1 Å². The molecule has 1 aliphatic heterocycles. The Hall–Kier alpha value is -2.44. The summed E-state index contributed by atoms with van der Waals surface area (Å²) in [4.78, 5) is 6.81. The zero-order valence-corrected chi connectivity index (χ0v) is 14.0. The Morgan fingerprint density at radius 1 is 1.32 bits per heavy atom. The molecule has 0 amide bonds. The van der Waals surface area contributed by atoms with Crippen LogP contribution in [0, 0.1) is 5.82 Å². The zero-order chi connectivity index (χ0) is 17.2. The minimum absolute atomic E-state index is 0.164. The van der Waals surface area contributed by atoms with Gasteiger partial charge in [-0.25, -0.2) is 9.37 Å². The zero-order valence-electron chi connectivity index (χ0n) is 14.0. The summed E-state index contributed by atoms with van der Waals surface area (Å²) in [5, 5.41) is 3.44. The summed E-state index contributed by atoms with van der Waals surface area (Å²) < 4.78 is 24.6. The molecule has 130 valence electrons.